The molecule has 1 aromatic heterocycles. The van der Waals surface area contributed by atoms with E-state index in [9.17, 15) is 4.79 Å². The van der Waals surface area contributed by atoms with Crippen LogP contribution in [0, 0.1) is 0 Å². The Balaban J connectivity index is 1.88. The van der Waals surface area contributed by atoms with Gasteiger partial charge < -0.3 is 9.47 Å². The molecule has 0 unspecified atom stereocenters. The van der Waals surface area contributed by atoms with Crippen molar-refractivity contribution in [1.82, 2.24) is 14.5 Å². The molecule has 0 N–H and O–H groups in total. The summed E-state index contributed by atoms with van der Waals surface area (Å²) in [6.07, 6.45) is 5.28. The van der Waals surface area contributed by atoms with Crippen molar-refractivity contribution < 1.29 is 4.79 Å². The molecule has 2 aromatic rings. The minimum absolute atomic E-state index is 0.137. The molecule has 1 aliphatic rings. The van der Waals surface area contributed by atoms with Crippen LogP contribution in [0.1, 0.15) is 31.5 Å². The van der Waals surface area contributed by atoms with E-state index >= 15 is 0 Å². The van der Waals surface area contributed by atoms with Crippen LogP contribution in [0.2, 0.25) is 0 Å². The van der Waals surface area contributed by atoms with E-state index in [4.69, 9.17) is 0 Å². The van der Waals surface area contributed by atoms with E-state index in [1.165, 1.54) is 5.56 Å². The van der Waals surface area contributed by atoms with Crippen molar-refractivity contribution in [3.63, 3.8) is 0 Å². The van der Waals surface area contributed by atoms with Crippen LogP contribution in [0.15, 0.2) is 49.1 Å². The van der Waals surface area contributed by atoms with Crippen molar-refractivity contribution >= 4 is 17.7 Å². The molecule has 0 aliphatic carbocycles. The van der Waals surface area contributed by atoms with Crippen LogP contribution in [-0.4, -0.2) is 37.9 Å². The van der Waals surface area contributed by atoms with Crippen molar-refractivity contribution in [2.45, 2.75) is 31.2 Å². The van der Waals surface area contributed by atoms with Crippen LogP contribution < -0.4 is 0 Å². The van der Waals surface area contributed by atoms with Crippen molar-refractivity contribution in [2.24, 2.45) is 0 Å². The van der Waals surface area contributed by atoms with E-state index in [0.717, 1.165) is 12.3 Å². The number of amides is 1. The van der Waals surface area contributed by atoms with E-state index in [1.807, 2.05) is 52.5 Å². The van der Waals surface area contributed by atoms with Crippen LogP contribution >= 0.6 is 11.8 Å². The number of aromatic nitrogens is 2. The van der Waals surface area contributed by atoms with Gasteiger partial charge in [0.05, 0.1) is 12.4 Å². The standard InChI is InChI=1S/C17H21N3OS/c1-13(19-9-8-18-12-19)17(21)20-10-11-22-14(2)16(20)15-6-4-3-5-7-15/h3-9,12-14,16H,10-11H2,1-2H3/t13-,14+,16-/m1/s1. The largest absolute Gasteiger partial charge is 0.332 e. The van der Waals surface area contributed by atoms with Gasteiger partial charge in [-0.05, 0) is 12.5 Å². The molecule has 116 valence electrons. The second-order valence-corrected chi connectivity index (χ2v) is 7.13. The van der Waals surface area contributed by atoms with E-state index in [-0.39, 0.29) is 18.0 Å². The van der Waals surface area contributed by atoms with Gasteiger partial charge in [-0.2, -0.15) is 11.8 Å². The maximum atomic E-state index is 13.0. The summed E-state index contributed by atoms with van der Waals surface area (Å²) in [4.78, 5) is 19.1. The van der Waals surface area contributed by atoms with Gasteiger partial charge >= 0.3 is 0 Å². The number of hydrogen-bond donors (Lipinski definition) is 0. The molecule has 22 heavy (non-hydrogen) atoms. The minimum atomic E-state index is -0.219. The predicted molar refractivity (Wildman–Crippen MR) is 89.8 cm³/mol. The molecule has 1 amide bonds. The lowest BCUT2D eigenvalue weighted by atomic mass is 10.0. The third-order valence-electron chi connectivity index (χ3n) is 4.25. The van der Waals surface area contributed by atoms with Gasteiger partial charge in [0.1, 0.15) is 6.04 Å². The second-order valence-electron chi connectivity index (χ2n) is 5.65. The molecule has 0 radical (unpaired) electrons. The van der Waals surface area contributed by atoms with Crippen LogP contribution in [-0.2, 0) is 4.79 Å². The first-order chi connectivity index (χ1) is 10.7. The summed E-state index contributed by atoms with van der Waals surface area (Å²) in [5.41, 5.74) is 1.22. The first kappa shape index (κ1) is 15.2. The highest BCUT2D eigenvalue weighted by Crippen LogP contribution is 2.37. The van der Waals surface area contributed by atoms with E-state index in [1.54, 1.807) is 12.5 Å². The molecule has 0 bridgehead atoms. The van der Waals surface area contributed by atoms with Gasteiger partial charge in [0.2, 0.25) is 5.91 Å². The SMILES string of the molecule is C[C@@H]1SCCN(C(=O)[C@@H](C)n2ccnc2)[C@H]1c1ccccc1. The Morgan fingerprint density at radius 2 is 2.14 bits per heavy atom. The Morgan fingerprint density at radius 3 is 2.82 bits per heavy atom. The average Bonchev–Trinajstić information content (AvgIpc) is 3.08. The minimum Gasteiger partial charge on any atom is -0.332 e. The zero-order valence-electron chi connectivity index (χ0n) is 12.9. The first-order valence-electron chi connectivity index (χ1n) is 7.63. The van der Waals surface area contributed by atoms with Gasteiger partial charge in [-0.3, -0.25) is 4.79 Å². The molecule has 1 fully saturated rings. The van der Waals surface area contributed by atoms with Crippen molar-refractivity contribution in [1.29, 1.82) is 0 Å². The average molecular weight is 315 g/mol. The predicted octanol–water partition coefficient (Wildman–Crippen LogP) is 3.15. The quantitative estimate of drug-likeness (QED) is 0.873. The Labute approximate surface area is 135 Å². The fraction of sp³-hybridized carbons (Fsp3) is 0.412. The topological polar surface area (TPSA) is 38.1 Å². The molecular weight excluding hydrogens is 294 g/mol. The number of nitrogens with zero attached hydrogens (tertiary/aromatic N) is 3. The maximum absolute atomic E-state index is 13.0. The number of hydrogen-bond acceptors (Lipinski definition) is 3. The summed E-state index contributed by atoms with van der Waals surface area (Å²) >= 11 is 1.94. The second kappa shape index (κ2) is 6.57. The molecule has 3 atom stereocenters. The third kappa shape index (κ3) is 2.90. The summed E-state index contributed by atoms with van der Waals surface area (Å²) in [5.74, 6) is 1.16. The lowest BCUT2D eigenvalue weighted by Gasteiger charge is -2.41. The van der Waals surface area contributed by atoms with Gasteiger partial charge in [0, 0.05) is 29.9 Å². The van der Waals surface area contributed by atoms with Crippen LogP contribution in [0.4, 0.5) is 0 Å². The highest BCUT2D eigenvalue weighted by Gasteiger charge is 2.35. The molecule has 2 heterocycles. The van der Waals surface area contributed by atoms with Gasteiger partial charge in [-0.25, -0.2) is 4.98 Å². The van der Waals surface area contributed by atoms with Crippen molar-refractivity contribution in [3.8, 4) is 0 Å². The number of thioether (sulfide) groups is 1. The lowest BCUT2D eigenvalue weighted by Crippen LogP contribution is -2.46. The summed E-state index contributed by atoms with van der Waals surface area (Å²) in [6, 6.07) is 10.3. The highest BCUT2D eigenvalue weighted by molar-refractivity contribution is 8.00. The summed E-state index contributed by atoms with van der Waals surface area (Å²) in [5, 5.41) is 0.398. The Bertz CT molecular complexity index is 614. The van der Waals surface area contributed by atoms with Gasteiger partial charge in [0.15, 0.2) is 0 Å². The molecule has 4 nitrogen and oxygen atoms in total. The fourth-order valence-corrected chi connectivity index (χ4v) is 4.20. The first-order valence-corrected chi connectivity index (χ1v) is 8.68. The van der Waals surface area contributed by atoms with E-state index in [0.29, 0.717) is 5.25 Å². The molecular formula is C17H21N3OS. The molecule has 0 spiro atoms. The third-order valence-corrected chi connectivity index (χ3v) is 5.45. The zero-order chi connectivity index (χ0) is 15.5. The number of carbonyl (C=O) groups excluding carboxylic acids is 1. The van der Waals surface area contributed by atoms with E-state index in [2.05, 4.69) is 24.0 Å². The monoisotopic (exact) mass is 315 g/mol. The van der Waals surface area contributed by atoms with Crippen molar-refractivity contribution in [2.75, 3.05) is 12.3 Å². The number of benzene rings is 1. The molecule has 1 saturated heterocycles. The molecule has 3 rings (SSSR count). The van der Waals surface area contributed by atoms with Crippen LogP contribution in [0.25, 0.3) is 0 Å². The van der Waals surface area contributed by atoms with Gasteiger partial charge in [-0.15, -0.1) is 0 Å². The summed E-state index contributed by atoms with van der Waals surface area (Å²) in [7, 11) is 0. The molecule has 5 heteroatoms. The Hall–Kier alpha value is -1.75. The number of carbonyl (C=O) groups is 1. The lowest BCUT2D eigenvalue weighted by molar-refractivity contribution is -0.136. The summed E-state index contributed by atoms with van der Waals surface area (Å²) in [6.45, 7) is 4.95. The molecule has 0 saturated carbocycles. The number of imidazole rings is 1. The Kier molecular flexibility index (Phi) is 4.52. The summed E-state index contributed by atoms with van der Waals surface area (Å²) < 4.78 is 1.87. The van der Waals surface area contributed by atoms with Gasteiger partial charge in [-0.1, -0.05) is 37.3 Å². The number of rotatable bonds is 3. The zero-order valence-corrected chi connectivity index (χ0v) is 13.7. The normalized spacial score (nSPS) is 23.3. The van der Waals surface area contributed by atoms with Crippen LogP contribution in [0.5, 0.6) is 0 Å². The fourth-order valence-electron chi connectivity index (χ4n) is 3.04. The highest BCUT2D eigenvalue weighted by atomic mass is 32.2. The van der Waals surface area contributed by atoms with Crippen molar-refractivity contribution in [3.05, 3.63) is 54.6 Å². The van der Waals surface area contributed by atoms with Crippen LogP contribution in [0.3, 0.4) is 0 Å². The molecule has 1 aliphatic heterocycles. The van der Waals surface area contributed by atoms with E-state index < -0.39 is 0 Å². The molecule has 1 aromatic carbocycles. The van der Waals surface area contributed by atoms with Gasteiger partial charge in [0.25, 0.3) is 0 Å². The smallest absolute Gasteiger partial charge is 0.245 e. The maximum Gasteiger partial charge on any atom is 0.245 e. The Morgan fingerprint density at radius 1 is 1.36 bits per heavy atom.